The smallest absolute Gasteiger partial charge is 0.322 e. The summed E-state index contributed by atoms with van der Waals surface area (Å²) in [4.78, 5) is 12.1. The van der Waals surface area contributed by atoms with Gasteiger partial charge in [-0.3, -0.25) is 4.79 Å². The van der Waals surface area contributed by atoms with Crippen LogP contribution in [0.2, 0.25) is 0 Å². The standard InChI is InChI=1S/C22H29NO2/c1-13-7-9-15(3)19(11-13)21(18(6)25-22(24)17(5)23)20-12-14(2)8-10-16(20)4/h7-12,17-18,21H,23H2,1-6H3/t17-,18-/m0/s1. The van der Waals surface area contributed by atoms with Gasteiger partial charge < -0.3 is 10.5 Å². The second kappa shape index (κ2) is 7.83. The first-order chi connectivity index (χ1) is 11.7. The Labute approximate surface area is 151 Å². The quantitative estimate of drug-likeness (QED) is 0.825. The van der Waals surface area contributed by atoms with E-state index in [1.807, 2.05) is 6.92 Å². The van der Waals surface area contributed by atoms with Crippen LogP contribution in [-0.4, -0.2) is 18.1 Å². The van der Waals surface area contributed by atoms with Gasteiger partial charge in [-0.25, -0.2) is 0 Å². The van der Waals surface area contributed by atoms with E-state index in [1.165, 1.54) is 33.4 Å². The normalized spacial score (nSPS) is 13.6. The molecule has 3 heteroatoms. The van der Waals surface area contributed by atoms with E-state index in [1.54, 1.807) is 6.92 Å². The SMILES string of the molecule is Cc1ccc(C)c(C(c2cc(C)ccc2C)[C@H](C)OC(=O)[C@H](C)N)c1. The number of carbonyl (C=O) groups excluding carboxylic acids is 1. The maximum atomic E-state index is 12.1. The molecular weight excluding hydrogens is 310 g/mol. The second-order valence-electron chi connectivity index (χ2n) is 7.13. The fourth-order valence-electron chi connectivity index (χ4n) is 3.22. The van der Waals surface area contributed by atoms with Crippen LogP contribution in [0.25, 0.3) is 0 Å². The predicted molar refractivity (Wildman–Crippen MR) is 103 cm³/mol. The molecule has 0 amide bonds. The summed E-state index contributed by atoms with van der Waals surface area (Å²) < 4.78 is 5.71. The zero-order valence-electron chi connectivity index (χ0n) is 16.1. The van der Waals surface area contributed by atoms with Gasteiger partial charge >= 0.3 is 5.97 Å². The molecule has 0 aromatic heterocycles. The summed E-state index contributed by atoms with van der Waals surface area (Å²) in [6, 6.07) is 12.2. The molecule has 134 valence electrons. The fourth-order valence-corrected chi connectivity index (χ4v) is 3.22. The maximum Gasteiger partial charge on any atom is 0.322 e. The van der Waals surface area contributed by atoms with Gasteiger partial charge in [0.1, 0.15) is 12.1 Å². The Kier molecular flexibility index (Phi) is 6.02. The highest BCUT2D eigenvalue weighted by Crippen LogP contribution is 2.35. The average Bonchev–Trinajstić information content (AvgIpc) is 2.54. The van der Waals surface area contributed by atoms with Crippen LogP contribution in [-0.2, 0) is 9.53 Å². The van der Waals surface area contributed by atoms with Gasteiger partial charge in [-0.1, -0.05) is 47.5 Å². The molecule has 0 spiro atoms. The molecule has 2 aromatic rings. The third-order valence-corrected chi connectivity index (χ3v) is 4.68. The molecule has 0 aliphatic heterocycles. The van der Waals surface area contributed by atoms with E-state index in [0.29, 0.717) is 0 Å². The molecule has 0 bridgehead atoms. The van der Waals surface area contributed by atoms with Crippen molar-refractivity contribution in [2.75, 3.05) is 0 Å². The van der Waals surface area contributed by atoms with E-state index in [9.17, 15) is 4.79 Å². The molecule has 2 rings (SSSR count). The van der Waals surface area contributed by atoms with Gasteiger partial charge in [0.25, 0.3) is 0 Å². The molecule has 0 saturated heterocycles. The van der Waals surface area contributed by atoms with E-state index in [4.69, 9.17) is 10.5 Å². The molecule has 0 radical (unpaired) electrons. The number of nitrogens with two attached hydrogens (primary N) is 1. The minimum atomic E-state index is -0.625. The first kappa shape index (κ1) is 19.2. The summed E-state index contributed by atoms with van der Waals surface area (Å²) in [5.41, 5.74) is 12.9. The van der Waals surface area contributed by atoms with Crippen molar-refractivity contribution in [2.45, 2.75) is 59.6 Å². The van der Waals surface area contributed by atoms with Gasteiger partial charge in [-0.15, -0.1) is 0 Å². The highest BCUT2D eigenvalue weighted by Gasteiger charge is 2.28. The van der Waals surface area contributed by atoms with Crippen molar-refractivity contribution in [3.8, 4) is 0 Å². The summed E-state index contributed by atoms with van der Waals surface area (Å²) in [5, 5.41) is 0. The molecule has 0 aliphatic carbocycles. The molecular formula is C22H29NO2. The van der Waals surface area contributed by atoms with E-state index in [0.717, 1.165) is 0 Å². The number of esters is 1. The topological polar surface area (TPSA) is 52.3 Å². The zero-order chi connectivity index (χ0) is 18.7. The first-order valence-corrected chi connectivity index (χ1v) is 8.81. The van der Waals surface area contributed by atoms with Gasteiger partial charge in [0.15, 0.2) is 0 Å². The van der Waals surface area contributed by atoms with Crippen LogP contribution in [0.5, 0.6) is 0 Å². The number of carbonyl (C=O) groups is 1. The molecule has 2 aromatic carbocycles. The monoisotopic (exact) mass is 339 g/mol. The van der Waals surface area contributed by atoms with Crippen LogP contribution in [0.4, 0.5) is 0 Å². The van der Waals surface area contributed by atoms with Crippen molar-refractivity contribution in [3.63, 3.8) is 0 Å². The molecule has 0 fully saturated rings. The van der Waals surface area contributed by atoms with Gasteiger partial charge in [0.2, 0.25) is 0 Å². The minimum absolute atomic E-state index is 0.0255. The summed E-state index contributed by atoms with van der Waals surface area (Å²) in [6.07, 6.45) is -0.306. The Morgan fingerprint density at radius 1 is 0.880 bits per heavy atom. The number of hydrogen-bond acceptors (Lipinski definition) is 3. The van der Waals surface area contributed by atoms with Crippen molar-refractivity contribution in [3.05, 3.63) is 69.8 Å². The lowest BCUT2D eigenvalue weighted by atomic mass is 9.81. The van der Waals surface area contributed by atoms with E-state index < -0.39 is 6.04 Å². The lowest BCUT2D eigenvalue weighted by Crippen LogP contribution is -2.34. The largest absolute Gasteiger partial charge is 0.461 e. The Bertz CT molecular complexity index is 713. The summed E-state index contributed by atoms with van der Waals surface area (Å²) >= 11 is 0. The van der Waals surface area contributed by atoms with Crippen molar-refractivity contribution in [2.24, 2.45) is 5.73 Å². The second-order valence-corrected chi connectivity index (χ2v) is 7.13. The van der Waals surface area contributed by atoms with Crippen LogP contribution < -0.4 is 5.73 Å². The van der Waals surface area contributed by atoms with Crippen LogP contribution in [0.15, 0.2) is 36.4 Å². The third kappa shape index (κ3) is 4.49. The number of aryl methyl sites for hydroxylation is 4. The molecule has 3 nitrogen and oxygen atoms in total. The van der Waals surface area contributed by atoms with Crippen molar-refractivity contribution >= 4 is 5.97 Å². The molecule has 2 N–H and O–H groups in total. The predicted octanol–water partition coefficient (Wildman–Crippen LogP) is 4.33. The van der Waals surface area contributed by atoms with Gasteiger partial charge in [-0.2, -0.15) is 0 Å². The molecule has 2 atom stereocenters. The van der Waals surface area contributed by atoms with Gasteiger partial charge in [-0.05, 0) is 63.8 Å². The lowest BCUT2D eigenvalue weighted by molar-refractivity contribution is -0.150. The molecule has 25 heavy (non-hydrogen) atoms. The first-order valence-electron chi connectivity index (χ1n) is 8.81. The Balaban J connectivity index is 2.57. The van der Waals surface area contributed by atoms with Crippen molar-refractivity contribution in [1.82, 2.24) is 0 Å². The van der Waals surface area contributed by atoms with Crippen LogP contribution in [0.1, 0.15) is 53.1 Å². The molecule has 0 heterocycles. The molecule has 0 unspecified atom stereocenters. The Morgan fingerprint density at radius 3 is 1.72 bits per heavy atom. The van der Waals surface area contributed by atoms with Crippen LogP contribution >= 0.6 is 0 Å². The number of hydrogen-bond donors (Lipinski definition) is 1. The third-order valence-electron chi connectivity index (χ3n) is 4.68. The Hall–Kier alpha value is -2.13. The maximum absolute atomic E-state index is 12.1. The number of benzene rings is 2. The molecule has 0 aliphatic rings. The summed E-state index contributed by atoms with van der Waals surface area (Å²) in [6.45, 7) is 12.0. The average molecular weight is 339 g/mol. The minimum Gasteiger partial charge on any atom is -0.461 e. The molecule has 0 saturated carbocycles. The fraction of sp³-hybridized carbons (Fsp3) is 0.409. The van der Waals surface area contributed by atoms with Crippen LogP contribution in [0.3, 0.4) is 0 Å². The number of ether oxygens (including phenoxy) is 1. The van der Waals surface area contributed by atoms with E-state index >= 15 is 0 Å². The summed E-state index contributed by atoms with van der Waals surface area (Å²) in [7, 11) is 0. The highest BCUT2D eigenvalue weighted by molar-refractivity contribution is 5.75. The summed E-state index contributed by atoms with van der Waals surface area (Å²) in [5.74, 6) is -0.393. The number of rotatable bonds is 5. The van der Waals surface area contributed by atoms with E-state index in [2.05, 4.69) is 64.1 Å². The van der Waals surface area contributed by atoms with Gasteiger partial charge in [0.05, 0.1) is 0 Å². The van der Waals surface area contributed by atoms with Crippen molar-refractivity contribution in [1.29, 1.82) is 0 Å². The highest BCUT2D eigenvalue weighted by atomic mass is 16.5. The zero-order valence-corrected chi connectivity index (χ0v) is 16.1. The van der Waals surface area contributed by atoms with E-state index in [-0.39, 0.29) is 18.0 Å². The van der Waals surface area contributed by atoms with Crippen LogP contribution in [0, 0.1) is 27.7 Å². The Morgan fingerprint density at radius 2 is 1.32 bits per heavy atom. The van der Waals surface area contributed by atoms with Crippen molar-refractivity contribution < 1.29 is 9.53 Å². The van der Waals surface area contributed by atoms with Gasteiger partial charge in [0, 0.05) is 5.92 Å². The lowest BCUT2D eigenvalue weighted by Gasteiger charge is -2.29.